The predicted molar refractivity (Wildman–Crippen MR) is 80.0 cm³/mol. The minimum Gasteiger partial charge on any atom is -0.388 e. The first-order valence-electron chi connectivity index (χ1n) is 6.77. The van der Waals surface area contributed by atoms with Gasteiger partial charge in [0.25, 0.3) is 0 Å². The summed E-state index contributed by atoms with van der Waals surface area (Å²) >= 11 is 6.28. The average molecular weight is 294 g/mol. The summed E-state index contributed by atoms with van der Waals surface area (Å²) in [4.78, 5) is 4.32. The van der Waals surface area contributed by atoms with Crippen molar-refractivity contribution >= 4 is 11.6 Å². The van der Waals surface area contributed by atoms with E-state index in [1.165, 1.54) is 0 Å². The maximum atomic E-state index is 10.4. The van der Waals surface area contributed by atoms with E-state index in [2.05, 4.69) is 10.1 Å². The highest BCUT2D eigenvalue weighted by Gasteiger charge is 2.18. The standard InChI is InChI=1S/C15H20ClN3O/c1-5-19-13(15(16)11(4)18-19)8-14(20)12-6-9(2)17-10(3)7-12/h6-7,14,20H,5,8H2,1-4H3. The van der Waals surface area contributed by atoms with Gasteiger partial charge in [0.1, 0.15) is 0 Å². The zero-order valence-electron chi connectivity index (χ0n) is 12.3. The SMILES string of the molecule is CCn1nc(C)c(Cl)c1CC(O)c1cc(C)nc(C)c1. The Balaban J connectivity index is 2.29. The van der Waals surface area contributed by atoms with Crippen molar-refractivity contribution in [1.82, 2.24) is 14.8 Å². The minimum absolute atomic E-state index is 0.455. The normalized spacial score (nSPS) is 12.7. The number of aliphatic hydroxyl groups is 1. The number of aryl methyl sites for hydroxylation is 4. The number of hydrogen-bond donors (Lipinski definition) is 1. The Morgan fingerprint density at radius 1 is 1.25 bits per heavy atom. The van der Waals surface area contributed by atoms with Crippen molar-refractivity contribution in [2.75, 3.05) is 0 Å². The lowest BCUT2D eigenvalue weighted by Gasteiger charge is -2.13. The summed E-state index contributed by atoms with van der Waals surface area (Å²) < 4.78 is 1.85. The molecular formula is C15H20ClN3O. The van der Waals surface area contributed by atoms with Crippen molar-refractivity contribution in [3.63, 3.8) is 0 Å². The number of nitrogens with zero attached hydrogens (tertiary/aromatic N) is 3. The molecule has 0 saturated carbocycles. The summed E-state index contributed by atoms with van der Waals surface area (Å²) in [6, 6.07) is 3.82. The number of hydrogen-bond acceptors (Lipinski definition) is 3. The molecule has 1 atom stereocenters. The summed E-state index contributed by atoms with van der Waals surface area (Å²) in [7, 11) is 0. The van der Waals surface area contributed by atoms with E-state index in [4.69, 9.17) is 11.6 Å². The molecule has 1 unspecified atom stereocenters. The molecule has 0 aromatic carbocycles. The molecule has 0 aliphatic rings. The van der Waals surface area contributed by atoms with Crippen LogP contribution in [0.3, 0.4) is 0 Å². The lowest BCUT2D eigenvalue weighted by molar-refractivity contribution is 0.175. The van der Waals surface area contributed by atoms with Gasteiger partial charge >= 0.3 is 0 Å². The van der Waals surface area contributed by atoms with Gasteiger partial charge in [-0.3, -0.25) is 9.67 Å². The van der Waals surface area contributed by atoms with Crippen molar-refractivity contribution in [2.24, 2.45) is 0 Å². The highest BCUT2D eigenvalue weighted by Crippen LogP contribution is 2.26. The number of aliphatic hydroxyl groups excluding tert-OH is 1. The van der Waals surface area contributed by atoms with Crippen LogP contribution in [0, 0.1) is 20.8 Å². The van der Waals surface area contributed by atoms with Crippen LogP contribution in [0.25, 0.3) is 0 Å². The van der Waals surface area contributed by atoms with E-state index < -0.39 is 6.10 Å². The van der Waals surface area contributed by atoms with Gasteiger partial charge in [-0.2, -0.15) is 5.10 Å². The highest BCUT2D eigenvalue weighted by atomic mass is 35.5. The van der Waals surface area contributed by atoms with Crippen LogP contribution in [0.15, 0.2) is 12.1 Å². The fourth-order valence-electron chi connectivity index (χ4n) is 2.42. The van der Waals surface area contributed by atoms with Crippen LogP contribution in [0.2, 0.25) is 5.02 Å². The molecule has 0 radical (unpaired) electrons. The van der Waals surface area contributed by atoms with E-state index in [-0.39, 0.29) is 0 Å². The first-order valence-corrected chi connectivity index (χ1v) is 7.15. The summed E-state index contributed by atoms with van der Waals surface area (Å²) in [6.45, 7) is 8.49. The quantitative estimate of drug-likeness (QED) is 0.942. The van der Waals surface area contributed by atoms with Crippen LogP contribution in [0.1, 0.15) is 41.4 Å². The second kappa shape index (κ2) is 5.94. The third kappa shape index (κ3) is 3.02. The molecular weight excluding hydrogens is 274 g/mol. The maximum Gasteiger partial charge on any atom is 0.0848 e. The Hall–Kier alpha value is -1.39. The Kier molecular flexibility index (Phi) is 4.45. The summed E-state index contributed by atoms with van der Waals surface area (Å²) in [5.41, 5.74) is 4.37. The van der Waals surface area contributed by atoms with Crippen LogP contribution in [-0.4, -0.2) is 19.9 Å². The molecule has 0 aliphatic heterocycles. The maximum absolute atomic E-state index is 10.4. The van der Waals surface area contributed by atoms with E-state index in [0.717, 1.165) is 34.9 Å². The molecule has 0 saturated heterocycles. The zero-order chi connectivity index (χ0) is 14.9. The lowest BCUT2D eigenvalue weighted by Crippen LogP contribution is -2.09. The molecule has 20 heavy (non-hydrogen) atoms. The van der Waals surface area contributed by atoms with Gasteiger partial charge in [-0.1, -0.05) is 11.6 Å². The van der Waals surface area contributed by atoms with E-state index in [0.29, 0.717) is 11.4 Å². The number of halogens is 1. The molecule has 5 heteroatoms. The lowest BCUT2D eigenvalue weighted by atomic mass is 10.0. The van der Waals surface area contributed by atoms with Gasteiger partial charge < -0.3 is 5.11 Å². The van der Waals surface area contributed by atoms with Gasteiger partial charge in [0.2, 0.25) is 0 Å². The van der Waals surface area contributed by atoms with Gasteiger partial charge in [0.05, 0.1) is 22.5 Å². The van der Waals surface area contributed by atoms with E-state index in [1.807, 2.05) is 44.5 Å². The van der Waals surface area contributed by atoms with Crippen molar-refractivity contribution in [3.8, 4) is 0 Å². The number of rotatable bonds is 4. The molecule has 2 heterocycles. The Labute approximate surface area is 124 Å². The van der Waals surface area contributed by atoms with Gasteiger partial charge in [-0.25, -0.2) is 0 Å². The molecule has 2 aromatic rings. The van der Waals surface area contributed by atoms with Crippen LogP contribution in [0.5, 0.6) is 0 Å². The number of aromatic nitrogens is 3. The molecule has 0 spiro atoms. The van der Waals surface area contributed by atoms with E-state index in [9.17, 15) is 5.11 Å². The van der Waals surface area contributed by atoms with Crippen LogP contribution < -0.4 is 0 Å². The fourth-order valence-corrected chi connectivity index (χ4v) is 2.64. The van der Waals surface area contributed by atoms with Crippen molar-refractivity contribution in [2.45, 2.75) is 46.8 Å². The second-order valence-electron chi connectivity index (χ2n) is 5.07. The summed E-state index contributed by atoms with van der Waals surface area (Å²) in [6.07, 6.45) is -0.148. The van der Waals surface area contributed by atoms with E-state index in [1.54, 1.807) is 0 Å². The average Bonchev–Trinajstić information content (AvgIpc) is 2.65. The molecule has 0 amide bonds. The largest absolute Gasteiger partial charge is 0.388 e. The molecule has 0 aliphatic carbocycles. The fraction of sp³-hybridized carbons (Fsp3) is 0.467. The molecule has 4 nitrogen and oxygen atoms in total. The minimum atomic E-state index is -0.602. The Morgan fingerprint density at radius 2 is 1.85 bits per heavy atom. The van der Waals surface area contributed by atoms with Gasteiger partial charge in [0, 0.05) is 24.4 Å². The van der Waals surface area contributed by atoms with Crippen LogP contribution in [0.4, 0.5) is 0 Å². The van der Waals surface area contributed by atoms with Crippen molar-refractivity contribution in [1.29, 1.82) is 0 Å². The van der Waals surface area contributed by atoms with Crippen LogP contribution >= 0.6 is 11.6 Å². The summed E-state index contributed by atoms with van der Waals surface area (Å²) in [5, 5.41) is 15.5. The molecule has 1 N–H and O–H groups in total. The Morgan fingerprint density at radius 3 is 2.40 bits per heavy atom. The molecule has 0 bridgehead atoms. The van der Waals surface area contributed by atoms with Crippen LogP contribution in [-0.2, 0) is 13.0 Å². The number of pyridine rings is 1. The monoisotopic (exact) mass is 293 g/mol. The van der Waals surface area contributed by atoms with Crippen molar-refractivity contribution < 1.29 is 5.11 Å². The van der Waals surface area contributed by atoms with Gasteiger partial charge in [-0.05, 0) is 45.4 Å². The molecule has 0 fully saturated rings. The topological polar surface area (TPSA) is 50.9 Å². The molecule has 2 aromatic heterocycles. The van der Waals surface area contributed by atoms with Gasteiger partial charge in [0.15, 0.2) is 0 Å². The van der Waals surface area contributed by atoms with E-state index >= 15 is 0 Å². The third-order valence-electron chi connectivity index (χ3n) is 3.33. The smallest absolute Gasteiger partial charge is 0.0848 e. The summed E-state index contributed by atoms with van der Waals surface area (Å²) in [5.74, 6) is 0. The highest BCUT2D eigenvalue weighted by molar-refractivity contribution is 6.31. The Bertz CT molecular complexity index is 602. The predicted octanol–water partition coefficient (Wildman–Crippen LogP) is 3.15. The first kappa shape index (κ1) is 15.0. The third-order valence-corrected chi connectivity index (χ3v) is 3.82. The zero-order valence-corrected chi connectivity index (χ0v) is 13.1. The first-order chi connectivity index (χ1) is 9.42. The van der Waals surface area contributed by atoms with Crippen molar-refractivity contribution in [3.05, 3.63) is 45.5 Å². The second-order valence-corrected chi connectivity index (χ2v) is 5.44. The molecule has 108 valence electrons. The molecule has 2 rings (SSSR count). The van der Waals surface area contributed by atoms with Gasteiger partial charge in [-0.15, -0.1) is 0 Å².